The monoisotopic (exact) mass is 239 g/mol. The summed E-state index contributed by atoms with van der Waals surface area (Å²) in [5.74, 6) is 3.18. The minimum absolute atomic E-state index is 0.612. The first kappa shape index (κ1) is 11.8. The highest BCUT2D eigenvalue weighted by atomic mass is 32.1. The highest BCUT2D eigenvalue weighted by molar-refractivity contribution is 7.09. The highest BCUT2D eigenvalue weighted by Gasteiger charge is 2.25. The van der Waals surface area contributed by atoms with Crippen LogP contribution < -0.4 is 5.32 Å². The fourth-order valence-corrected chi connectivity index (χ4v) is 2.86. The van der Waals surface area contributed by atoms with Gasteiger partial charge >= 0.3 is 0 Å². The summed E-state index contributed by atoms with van der Waals surface area (Å²) in [6.07, 6.45) is 3.86. The van der Waals surface area contributed by atoms with Gasteiger partial charge in [0, 0.05) is 24.0 Å². The Hall–Kier alpha value is -0.640. The van der Waals surface area contributed by atoms with E-state index >= 15 is 0 Å². The van der Waals surface area contributed by atoms with Crippen LogP contribution in [0.1, 0.15) is 51.8 Å². The lowest BCUT2D eigenvalue weighted by atomic mass is 10.1. The van der Waals surface area contributed by atoms with Crippen LogP contribution in [0, 0.1) is 11.8 Å². The molecule has 90 valence electrons. The van der Waals surface area contributed by atoms with Crippen LogP contribution in [0.5, 0.6) is 0 Å². The molecule has 2 atom stereocenters. The van der Waals surface area contributed by atoms with Gasteiger partial charge in [0.05, 0.1) is 0 Å². The molecule has 1 aromatic rings. The zero-order valence-corrected chi connectivity index (χ0v) is 11.2. The second-order valence-corrected chi connectivity index (χ2v) is 6.10. The van der Waals surface area contributed by atoms with E-state index in [0.29, 0.717) is 11.8 Å². The minimum Gasteiger partial charge on any atom is -0.360 e. The zero-order valence-electron chi connectivity index (χ0n) is 10.4. The standard InChI is InChI=1S/C12H21N3S/c1-8(2)7-13-12-14-11(15-16-12)10-5-4-9(3)6-10/h8-10H,4-7H2,1-3H3,(H,13,14,15). The first-order valence-corrected chi connectivity index (χ1v) is 7.00. The van der Waals surface area contributed by atoms with E-state index in [1.54, 1.807) is 0 Å². The zero-order chi connectivity index (χ0) is 11.5. The van der Waals surface area contributed by atoms with E-state index in [1.165, 1.54) is 30.8 Å². The molecule has 1 N–H and O–H groups in total. The number of nitrogens with one attached hydrogen (secondary N) is 1. The summed E-state index contributed by atoms with van der Waals surface area (Å²) in [5, 5.41) is 4.33. The normalized spacial score (nSPS) is 25.2. The Balaban J connectivity index is 1.91. The molecule has 0 aromatic carbocycles. The van der Waals surface area contributed by atoms with Gasteiger partial charge in [-0.1, -0.05) is 20.8 Å². The third-order valence-corrected chi connectivity index (χ3v) is 3.85. The Morgan fingerprint density at radius 1 is 1.44 bits per heavy atom. The third kappa shape index (κ3) is 2.94. The summed E-state index contributed by atoms with van der Waals surface area (Å²) >= 11 is 1.51. The fraction of sp³-hybridized carbons (Fsp3) is 0.833. The van der Waals surface area contributed by atoms with E-state index in [9.17, 15) is 0 Å². The van der Waals surface area contributed by atoms with Crippen molar-refractivity contribution in [1.29, 1.82) is 0 Å². The Morgan fingerprint density at radius 3 is 2.88 bits per heavy atom. The van der Waals surface area contributed by atoms with Gasteiger partial charge in [-0.2, -0.15) is 4.37 Å². The number of nitrogens with zero attached hydrogens (tertiary/aromatic N) is 2. The van der Waals surface area contributed by atoms with Gasteiger partial charge in [0.2, 0.25) is 5.13 Å². The second kappa shape index (κ2) is 5.13. The lowest BCUT2D eigenvalue weighted by Gasteiger charge is -2.05. The SMILES string of the molecule is CC(C)CNc1nc(C2CCC(C)C2)ns1. The molecule has 0 radical (unpaired) electrons. The van der Waals surface area contributed by atoms with Crippen LogP contribution in [0.25, 0.3) is 0 Å². The number of rotatable bonds is 4. The van der Waals surface area contributed by atoms with Crippen molar-refractivity contribution in [1.82, 2.24) is 9.36 Å². The summed E-state index contributed by atoms with van der Waals surface area (Å²) in [6.45, 7) is 7.71. The predicted molar refractivity (Wildman–Crippen MR) is 69.0 cm³/mol. The minimum atomic E-state index is 0.612. The number of hydrogen-bond acceptors (Lipinski definition) is 4. The van der Waals surface area contributed by atoms with Crippen LogP contribution in [-0.2, 0) is 0 Å². The van der Waals surface area contributed by atoms with E-state index in [1.807, 2.05) is 0 Å². The lowest BCUT2D eigenvalue weighted by molar-refractivity contribution is 0.588. The molecule has 2 rings (SSSR count). The molecule has 1 aliphatic rings. The first-order chi connectivity index (χ1) is 7.65. The van der Waals surface area contributed by atoms with Gasteiger partial charge < -0.3 is 5.32 Å². The third-order valence-electron chi connectivity index (χ3n) is 3.16. The molecule has 16 heavy (non-hydrogen) atoms. The lowest BCUT2D eigenvalue weighted by Crippen LogP contribution is -2.07. The van der Waals surface area contributed by atoms with Gasteiger partial charge in [0.25, 0.3) is 0 Å². The Bertz CT molecular complexity index is 335. The van der Waals surface area contributed by atoms with Gasteiger partial charge in [-0.05, 0) is 31.1 Å². The van der Waals surface area contributed by atoms with Crippen molar-refractivity contribution in [3.8, 4) is 0 Å². The Kier molecular flexibility index (Phi) is 3.79. The molecule has 0 bridgehead atoms. The van der Waals surface area contributed by atoms with Crippen molar-refractivity contribution in [3.63, 3.8) is 0 Å². The molecular weight excluding hydrogens is 218 g/mol. The Morgan fingerprint density at radius 2 is 2.25 bits per heavy atom. The summed E-state index contributed by atoms with van der Waals surface area (Å²) in [5.41, 5.74) is 0. The summed E-state index contributed by atoms with van der Waals surface area (Å²) in [4.78, 5) is 4.59. The van der Waals surface area contributed by atoms with Gasteiger partial charge in [-0.25, -0.2) is 4.98 Å². The van der Waals surface area contributed by atoms with Crippen LogP contribution in [0.3, 0.4) is 0 Å². The molecule has 1 saturated carbocycles. The summed E-state index contributed by atoms with van der Waals surface area (Å²) < 4.78 is 4.48. The average molecular weight is 239 g/mol. The molecule has 1 fully saturated rings. The largest absolute Gasteiger partial charge is 0.360 e. The molecule has 2 unspecified atom stereocenters. The Labute approximate surface area is 102 Å². The molecule has 0 spiro atoms. The van der Waals surface area contributed by atoms with Crippen molar-refractivity contribution in [2.24, 2.45) is 11.8 Å². The van der Waals surface area contributed by atoms with E-state index in [0.717, 1.165) is 23.4 Å². The van der Waals surface area contributed by atoms with Gasteiger partial charge in [-0.15, -0.1) is 0 Å². The maximum Gasteiger partial charge on any atom is 0.202 e. The molecule has 0 saturated heterocycles. The number of anilines is 1. The van der Waals surface area contributed by atoms with E-state index in [-0.39, 0.29) is 0 Å². The maximum absolute atomic E-state index is 4.59. The van der Waals surface area contributed by atoms with Crippen molar-refractivity contribution in [3.05, 3.63) is 5.82 Å². The smallest absolute Gasteiger partial charge is 0.202 e. The van der Waals surface area contributed by atoms with E-state index in [4.69, 9.17) is 0 Å². The fourth-order valence-electron chi connectivity index (χ4n) is 2.21. The van der Waals surface area contributed by atoms with E-state index < -0.39 is 0 Å². The van der Waals surface area contributed by atoms with Crippen LogP contribution >= 0.6 is 11.5 Å². The summed E-state index contributed by atoms with van der Waals surface area (Å²) in [7, 11) is 0. The summed E-state index contributed by atoms with van der Waals surface area (Å²) in [6, 6.07) is 0. The van der Waals surface area contributed by atoms with Crippen molar-refractivity contribution in [2.45, 2.75) is 46.0 Å². The van der Waals surface area contributed by atoms with Crippen molar-refractivity contribution >= 4 is 16.7 Å². The molecule has 1 aromatic heterocycles. The van der Waals surface area contributed by atoms with Crippen LogP contribution in [0.4, 0.5) is 5.13 Å². The quantitative estimate of drug-likeness (QED) is 0.873. The van der Waals surface area contributed by atoms with Gasteiger partial charge in [0.1, 0.15) is 5.82 Å². The van der Waals surface area contributed by atoms with Crippen molar-refractivity contribution < 1.29 is 0 Å². The van der Waals surface area contributed by atoms with Crippen LogP contribution in [-0.4, -0.2) is 15.9 Å². The molecule has 0 aliphatic heterocycles. The first-order valence-electron chi connectivity index (χ1n) is 6.22. The van der Waals surface area contributed by atoms with Crippen molar-refractivity contribution in [2.75, 3.05) is 11.9 Å². The average Bonchev–Trinajstić information content (AvgIpc) is 2.83. The van der Waals surface area contributed by atoms with Crippen LogP contribution in [0.2, 0.25) is 0 Å². The van der Waals surface area contributed by atoms with Gasteiger partial charge in [0.15, 0.2) is 0 Å². The van der Waals surface area contributed by atoms with Crippen LogP contribution in [0.15, 0.2) is 0 Å². The topological polar surface area (TPSA) is 37.8 Å². The molecular formula is C12H21N3S. The number of hydrogen-bond donors (Lipinski definition) is 1. The van der Waals surface area contributed by atoms with E-state index in [2.05, 4.69) is 35.4 Å². The molecule has 3 nitrogen and oxygen atoms in total. The maximum atomic E-state index is 4.59. The highest BCUT2D eigenvalue weighted by Crippen LogP contribution is 2.37. The number of aromatic nitrogens is 2. The van der Waals surface area contributed by atoms with Gasteiger partial charge in [-0.3, -0.25) is 0 Å². The molecule has 1 heterocycles. The molecule has 0 amide bonds. The predicted octanol–water partition coefficient (Wildman–Crippen LogP) is 3.51. The molecule has 4 heteroatoms. The second-order valence-electron chi connectivity index (χ2n) is 5.35. The molecule has 1 aliphatic carbocycles.